The van der Waals surface area contributed by atoms with Gasteiger partial charge in [0.25, 0.3) is 0 Å². The summed E-state index contributed by atoms with van der Waals surface area (Å²) in [6, 6.07) is 0. The first-order chi connectivity index (χ1) is 8.82. The monoisotopic (exact) mass is 291 g/mol. The summed E-state index contributed by atoms with van der Waals surface area (Å²) in [5, 5.41) is 8.58. The number of carboxylic acid groups (broad SMARTS) is 1. The van der Waals surface area contributed by atoms with Gasteiger partial charge in [-0.1, -0.05) is 0 Å². The van der Waals surface area contributed by atoms with Crippen LogP contribution in [0.1, 0.15) is 25.7 Å². The van der Waals surface area contributed by atoms with E-state index < -0.39 is 27.5 Å². The molecule has 2 saturated heterocycles. The maximum absolute atomic E-state index is 11.8. The van der Waals surface area contributed by atoms with Crippen molar-refractivity contribution in [1.82, 2.24) is 4.90 Å². The molecule has 1 spiro atoms. The van der Waals surface area contributed by atoms with E-state index in [0.29, 0.717) is 25.8 Å². The standard InChI is InChI=1S/C11H17NO6S/c13-9(14)1-5-12-6-2-11(18-10(12)15)3-7-19(16,17)8-4-11/h1-8H2,(H,13,14). The Balaban J connectivity index is 1.93. The molecule has 19 heavy (non-hydrogen) atoms. The summed E-state index contributed by atoms with van der Waals surface area (Å²) in [7, 11) is -2.99. The third-order valence-corrected chi connectivity index (χ3v) is 5.38. The lowest BCUT2D eigenvalue weighted by Crippen LogP contribution is -2.53. The molecule has 0 aliphatic carbocycles. The number of amides is 1. The third-order valence-electron chi connectivity index (χ3n) is 3.73. The molecular weight excluding hydrogens is 274 g/mol. The molecule has 1 N–H and O–H groups in total. The maximum atomic E-state index is 11.8. The Kier molecular flexibility index (Phi) is 3.71. The van der Waals surface area contributed by atoms with Crippen molar-refractivity contribution in [2.45, 2.75) is 31.3 Å². The van der Waals surface area contributed by atoms with Crippen LogP contribution < -0.4 is 0 Å². The molecule has 2 aliphatic heterocycles. The topological polar surface area (TPSA) is 101 Å². The number of aliphatic carboxylic acids is 1. The average molecular weight is 291 g/mol. The quantitative estimate of drug-likeness (QED) is 0.800. The van der Waals surface area contributed by atoms with Gasteiger partial charge in [0.2, 0.25) is 0 Å². The second-order valence-electron chi connectivity index (χ2n) is 5.08. The molecule has 0 atom stereocenters. The number of hydrogen-bond acceptors (Lipinski definition) is 5. The van der Waals surface area contributed by atoms with Gasteiger partial charge in [0.1, 0.15) is 5.60 Å². The molecule has 0 radical (unpaired) electrons. The molecule has 7 nitrogen and oxygen atoms in total. The van der Waals surface area contributed by atoms with Gasteiger partial charge in [-0.05, 0) is 0 Å². The predicted molar refractivity (Wildman–Crippen MR) is 65.5 cm³/mol. The van der Waals surface area contributed by atoms with E-state index in [1.165, 1.54) is 4.90 Å². The van der Waals surface area contributed by atoms with Crippen molar-refractivity contribution in [2.24, 2.45) is 0 Å². The van der Waals surface area contributed by atoms with Crippen LogP contribution >= 0.6 is 0 Å². The minimum atomic E-state index is -2.99. The van der Waals surface area contributed by atoms with E-state index >= 15 is 0 Å². The Hall–Kier alpha value is -1.31. The van der Waals surface area contributed by atoms with Gasteiger partial charge in [-0.15, -0.1) is 0 Å². The van der Waals surface area contributed by atoms with Crippen molar-refractivity contribution in [3.63, 3.8) is 0 Å². The van der Waals surface area contributed by atoms with Crippen LogP contribution in [0.4, 0.5) is 4.79 Å². The molecule has 0 saturated carbocycles. The molecule has 2 fully saturated rings. The SMILES string of the molecule is O=C(O)CCN1CCC2(CCS(=O)(=O)CC2)OC1=O. The van der Waals surface area contributed by atoms with Crippen molar-refractivity contribution in [2.75, 3.05) is 24.6 Å². The van der Waals surface area contributed by atoms with Gasteiger partial charge in [0, 0.05) is 32.4 Å². The van der Waals surface area contributed by atoms with Crippen LogP contribution in [-0.2, 0) is 19.4 Å². The summed E-state index contributed by atoms with van der Waals surface area (Å²) < 4.78 is 28.2. The van der Waals surface area contributed by atoms with Crippen LogP contribution in [0.3, 0.4) is 0 Å². The predicted octanol–water partition coefficient (Wildman–Crippen LogP) is 0.251. The molecule has 108 valence electrons. The minimum absolute atomic E-state index is 0.0510. The van der Waals surface area contributed by atoms with Crippen LogP contribution in [0.5, 0.6) is 0 Å². The van der Waals surface area contributed by atoms with E-state index in [-0.39, 0.29) is 24.5 Å². The summed E-state index contributed by atoms with van der Waals surface area (Å²) in [6.07, 6.45) is 0.596. The molecule has 0 aromatic rings. The van der Waals surface area contributed by atoms with Gasteiger partial charge in [-0.3, -0.25) is 4.79 Å². The van der Waals surface area contributed by atoms with E-state index in [4.69, 9.17) is 9.84 Å². The molecule has 2 aliphatic rings. The van der Waals surface area contributed by atoms with Gasteiger partial charge in [0.15, 0.2) is 9.84 Å². The molecule has 0 unspecified atom stereocenters. The molecule has 2 rings (SSSR count). The van der Waals surface area contributed by atoms with E-state index in [1.807, 2.05) is 0 Å². The van der Waals surface area contributed by atoms with E-state index in [2.05, 4.69) is 0 Å². The number of carboxylic acids is 1. The smallest absolute Gasteiger partial charge is 0.410 e. The zero-order valence-corrected chi connectivity index (χ0v) is 11.3. The lowest BCUT2D eigenvalue weighted by atomic mass is 9.91. The summed E-state index contributed by atoms with van der Waals surface area (Å²) in [4.78, 5) is 23.6. The second kappa shape index (κ2) is 4.99. The van der Waals surface area contributed by atoms with Gasteiger partial charge >= 0.3 is 12.1 Å². The number of sulfone groups is 1. The average Bonchev–Trinajstić information content (AvgIpc) is 2.32. The summed E-state index contributed by atoms with van der Waals surface area (Å²) in [6.45, 7) is 0.550. The van der Waals surface area contributed by atoms with Crippen LogP contribution in [-0.4, -0.2) is 60.7 Å². The number of rotatable bonds is 3. The Morgan fingerprint density at radius 3 is 2.47 bits per heavy atom. The summed E-state index contributed by atoms with van der Waals surface area (Å²) >= 11 is 0. The number of ether oxygens (including phenoxy) is 1. The lowest BCUT2D eigenvalue weighted by Gasteiger charge is -2.43. The molecule has 8 heteroatoms. The highest BCUT2D eigenvalue weighted by Gasteiger charge is 2.44. The Bertz CT molecular complexity index is 471. The van der Waals surface area contributed by atoms with Crippen molar-refractivity contribution >= 4 is 21.9 Å². The molecule has 0 bridgehead atoms. The largest absolute Gasteiger partial charge is 0.481 e. The maximum Gasteiger partial charge on any atom is 0.410 e. The van der Waals surface area contributed by atoms with Crippen LogP contribution in [0.2, 0.25) is 0 Å². The first kappa shape index (κ1) is 14.1. The van der Waals surface area contributed by atoms with Crippen LogP contribution in [0.15, 0.2) is 0 Å². The Morgan fingerprint density at radius 1 is 1.32 bits per heavy atom. The number of nitrogens with zero attached hydrogens (tertiary/aromatic N) is 1. The van der Waals surface area contributed by atoms with Crippen molar-refractivity contribution in [1.29, 1.82) is 0 Å². The molecule has 2 heterocycles. The second-order valence-corrected chi connectivity index (χ2v) is 7.39. The Morgan fingerprint density at radius 2 is 1.95 bits per heavy atom. The van der Waals surface area contributed by atoms with E-state index in [0.717, 1.165) is 0 Å². The zero-order chi connectivity index (χ0) is 14.1. The lowest BCUT2D eigenvalue weighted by molar-refractivity contribution is -0.137. The van der Waals surface area contributed by atoms with Crippen LogP contribution in [0.25, 0.3) is 0 Å². The van der Waals surface area contributed by atoms with Crippen LogP contribution in [0, 0.1) is 0 Å². The van der Waals surface area contributed by atoms with Gasteiger partial charge in [-0.2, -0.15) is 0 Å². The third kappa shape index (κ3) is 3.37. The first-order valence-electron chi connectivity index (χ1n) is 6.22. The fraction of sp³-hybridized carbons (Fsp3) is 0.818. The van der Waals surface area contributed by atoms with Crippen molar-refractivity contribution in [3.05, 3.63) is 0 Å². The summed E-state index contributed by atoms with van der Waals surface area (Å²) in [5.74, 6) is -0.859. The number of carbonyl (C=O) groups is 2. The summed E-state index contributed by atoms with van der Waals surface area (Å²) in [5.41, 5.74) is -0.665. The molecular formula is C11H17NO6S. The fourth-order valence-electron chi connectivity index (χ4n) is 2.43. The van der Waals surface area contributed by atoms with Crippen molar-refractivity contribution < 1.29 is 27.9 Å². The van der Waals surface area contributed by atoms with E-state index in [1.54, 1.807) is 0 Å². The Labute approximate surface area is 111 Å². The molecule has 0 aromatic heterocycles. The minimum Gasteiger partial charge on any atom is -0.481 e. The highest BCUT2D eigenvalue weighted by Crippen LogP contribution is 2.34. The highest BCUT2D eigenvalue weighted by molar-refractivity contribution is 7.91. The van der Waals surface area contributed by atoms with E-state index in [9.17, 15) is 18.0 Å². The van der Waals surface area contributed by atoms with Crippen molar-refractivity contribution in [3.8, 4) is 0 Å². The fourth-order valence-corrected chi connectivity index (χ4v) is 4.00. The van der Waals surface area contributed by atoms with Gasteiger partial charge in [-0.25, -0.2) is 13.2 Å². The number of carbonyl (C=O) groups excluding carboxylic acids is 1. The highest BCUT2D eigenvalue weighted by atomic mass is 32.2. The normalized spacial score (nSPS) is 25.1. The zero-order valence-electron chi connectivity index (χ0n) is 10.5. The molecule has 1 amide bonds. The first-order valence-corrected chi connectivity index (χ1v) is 8.04. The number of hydrogen-bond donors (Lipinski definition) is 1. The van der Waals surface area contributed by atoms with Gasteiger partial charge in [0.05, 0.1) is 17.9 Å². The van der Waals surface area contributed by atoms with Gasteiger partial charge < -0.3 is 14.7 Å². The molecule has 0 aromatic carbocycles.